The van der Waals surface area contributed by atoms with Crippen LogP contribution in [0.1, 0.15) is 30.9 Å². The summed E-state index contributed by atoms with van der Waals surface area (Å²) in [6.45, 7) is 1.82. The molecule has 1 aromatic carbocycles. The Kier molecular flexibility index (Phi) is 5.83. The predicted molar refractivity (Wildman–Crippen MR) is 88.6 cm³/mol. The number of hydrogen-bond donors (Lipinski definition) is 0. The maximum absolute atomic E-state index is 11.8. The maximum atomic E-state index is 11.8. The molecule has 1 aliphatic rings. The number of rotatable bonds is 7. The molecule has 0 N–H and O–H groups in total. The molecule has 2 rings (SSSR count). The van der Waals surface area contributed by atoms with Crippen molar-refractivity contribution in [3.05, 3.63) is 29.8 Å². The van der Waals surface area contributed by atoms with E-state index in [2.05, 4.69) is 11.0 Å². The minimum absolute atomic E-state index is 0.204. The van der Waals surface area contributed by atoms with Crippen LogP contribution in [0, 0.1) is 0 Å². The molecule has 1 saturated heterocycles. The molecule has 0 radical (unpaired) electrons. The minimum atomic E-state index is -3.10. The molecule has 0 unspecified atom stereocenters. The summed E-state index contributed by atoms with van der Waals surface area (Å²) in [4.78, 5) is 2.38. The Hall–Kier alpha value is -1.11. The van der Waals surface area contributed by atoms with Crippen LogP contribution in [-0.4, -0.2) is 57.7 Å². The van der Waals surface area contributed by atoms with Gasteiger partial charge in [0, 0.05) is 25.7 Å². The third kappa shape index (κ3) is 4.00. The highest BCUT2D eigenvalue weighted by molar-refractivity contribution is 7.89. The van der Waals surface area contributed by atoms with E-state index in [4.69, 9.17) is 4.74 Å². The lowest BCUT2D eigenvalue weighted by Gasteiger charge is -2.26. The van der Waals surface area contributed by atoms with E-state index >= 15 is 0 Å². The normalized spacial score (nSPS) is 19.7. The van der Waals surface area contributed by atoms with Gasteiger partial charge in [-0.25, -0.2) is 12.7 Å². The molecular weight excluding hydrogens is 300 g/mol. The van der Waals surface area contributed by atoms with Crippen molar-refractivity contribution in [2.75, 3.05) is 40.0 Å². The zero-order valence-electron chi connectivity index (χ0n) is 13.7. The topological polar surface area (TPSA) is 49.9 Å². The highest BCUT2D eigenvalue weighted by Gasteiger charge is 2.28. The van der Waals surface area contributed by atoms with E-state index in [-0.39, 0.29) is 5.75 Å². The van der Waals surface area contributed by atoms with Crippen LogP contribution in [0.5, 0.6) is 5.75 Å². The summed E-state index contributed by atoms with van der Waals surface area (Å²) in [5.74, 6) is 1.12. The van der Waals surface area contributed by atoms with Gasteiger partial charge in [0.1, 0.15) is 5.75 Å². The zero-order valence-corrected chi connectivity index (χ0v) is 14.5. The first-order chi connectivity index (χ1) is 10.5. The summed E-state index contributed by atoms with van der Waals surface area (Å²) in [7, 11) is 1.77. The van der Waals surface area contributed by atoms with E-state index in [0.29, 0.717) is 12.5 Å². The Labute approximate surface area is 133 Å². The van der Waals surface area contributed by atoms with Crippen LogP contribution in [0.4, 0.5) is 0 Å². The first-order valence-electron chi connectivity index (χ1n) is 7.73. The van der Waals surface area contributed by atoms with Crippen LogP contribution < -0.4 is 4.74 Å². The Balaban J connectivity index is 2.00. The number of para-hydroxylation sites is 1. The van der Waals surface area contributed by atoms with Gasteiger partial charge < -0.3 is 4.74 Å². The summed E-state index contributed by atoms with van der Waals surface area (Å²) in [6, 6.07) is 8.44. The van der Waals surface area contributed by atoms with Gasteiger partial charge in [-0.15, -0.1) is 0 Å². The molecule has 5 nitrogen and oxygen atoms in total. The molecule has 1 aliphatic heterocycles. The molecule has 1 heterocycles. The van der Waals surface area contributed by atoms with Gasteiger partial charge in [-0.3, -0.25) is 4.90 Å². The molecule has 124 valence electrons. The Bertz CT molecular complexity index is 587. The third-order valence-electron chi connectivity index (χ3n) is 4.27. The summed E-state index contributed by atoms with van der Waals surface area (Å²) in [5.41, 5.74) is 1.21. The number of likely N-dealkylation sites (tertiary alicyclic amines) is 1. The van der Waals surface area contributed by atoms with Gasteiger partial charge in [-0.05, 0) is 38.4 Å². The lowest BCUT2D eigenvalue weighted by molar-refractivity contribution is 0.252. The number of benzene rings is 1. The Morgan fingerprint density at radius 1 is 1.32 bits per heavy atom. The first kappa shape index (κ1) is 17.2. The fourth-order valence-corrected chi connectivity index (χ4v) is 3.88. The smallest absolute Gasteiger partial charge is 0.213 e. The number of sulfonamides is 1. The fraction of sp³-hybridized carbons (Fsp3) is 0.625. The largest absolute Gasteiger partial charge is 0.496 e. The van der Waals surface area contributed by atoms with E-state index < -0.39 is 10.0 Å². The lowest BCUT2D eigenvalue weighted by Crippen LogP contribution is -2.29. The van der Waals surface area contributed by atoms with Crippen LogP contribution in [0.2, 0.25) is 0 Å². The van der Waals surface area contributed by atoms with E-state index in [0.717, 1.165) is 31.7 Å². The molecule has 0 amide bonds. The van der Waals surface area contributed by atoms with Crippen LogP contribution >= 0.6 is 0 Å². The summed E-state index contributed by atoms with van der Waals surface area (Å²) >= 11 is 0. The predicted octanol–water partition coefficient (Wildman–Crippen LogP) is 2.11. The molecule has 0 spiro atoms. The second kappa shape index (κ2) is 7.44. The number of methoxy groups -OCH3 is 1. The summed E-state index contributed by atoms with van der Waals surface area (Å²) in [5, 5.41) is 0. The molecule has 0 bridgehead atoms. The molecule has 0 aromatic heterocycles. The fourth-order valence-electron chi connectivity index (χ4n) is 3.02. The van der Waals surface area contributed by atoms with Crippen molar-refractivity contribution in [1.82, 2.24) is 9.21 Å². The van der Waals surface area contributed by atoms with Crippen molar-refractivity contribution in [2.24, 2.45) is 0 Å². The van der Waals surface area contributed by atoms with Gasteiger partial charge in [0.15, 0.2) is 0 Å². The zero-order chi connectivity index (χ0) is 16.2. The van der Waals surface area contributed by atoms with E-state index in [1.165, 1.54) is 9.87 Å². The average Bonchev–Trinajstić information content (AvgIpc) is 2.95. The number of ether oxygens (including phenoxy) is 1. The van der Waals surface area contributed by atoms with Crippen LogP contribution in [0.15, 0.2) is 24.3 Å². The standard InChI is InChI=1S/C16H26N2O3S/c1-17(2)22(19,20)13-7-12-18-11-6-9-15(18)14-8-4-5-10-16(14)21-3/h4-5,8,10,15H,6-7,9,11-13H2,1-3H3/t15-/m1/s1. The first-order valence-corrected chi connectivity index (χ1v) is 9.34. The van der Waals surface area contributed by atoms with E-state index in [1.54, 1.807) is 21.2 Å². The van der Waals surface area contributed by atoms with Crippen molar-refractivity contribution in [1.29, 1.82) is 0 Å². The molecular formula is C16H26N2O3S. The maximum Gasteiger partial charge on any atom is 0.213 e. The SMILES string of the molecule is COc1ccccc1[C@H]1CCCN1CCCS(=O)(=O)N(C)C. The van der Waals surface area contributed by atoms with E-state index in [1.807, 2.05) is 18.2 Å². The van der Waals surface area contributed by atoms with Gasteiger partial charge >= 0.3 is 0 Å². The summed E-state index contributed by atoms with van der Waals surface area (Å²) in [6.07, 6.45) is 2.90. The Morgan fingerprint density at radius 3 is 2.73 bits per heavy atom. The molecule has 22 heavy (non-hydrogen) atoms. The quantitative estimate of drug-likeness (QED) is 0.770. The molecule has 6 heteroatoms. The molecule has 1 aromatic rings. The lowest BCUT2D eigenvalue weighted by atomic mass is 10.0. The monoisotopic (exact) mass is 326 g/mol. The average molecular weight is 326 g/mol. The minimum Gasteiger partial charge on any atom is -0.496 e. The van der Waals surface area contributed by atoms with Crippen LogP contribution in [0.3, 0.4) is 0 Å². The Morgan fingerprint density at radius 2 is 2.05 bits per heavy atom. The van der Waals surface area contributed by atoms with E-state index in [9.17, 15) is 8.42 Å². The van der Waals surface area contributed by atoms with Gasteiger partial charge in [0.25, 0.3) is 0 Å². The second-order valence-corrected chi connectivity index (χ2v) is 8.19. The highest BCUT2D eigenvalue weighted by Crippen LogP contribution is 2.36. The summed E-state index contributed by atoms with van der Waals surface area (Å²) < 4.78 is 30.5. The molecule has 1 atom stereocenters. The van der Waals surface area contributed by atoms with Gasteiger partial charge in [-0.1, -0.05) is 18.2 Å². The van der Waals surface area contributed by atoms with Crippen molar-refractivity contribution in [3.8, 4) is 5.75 Å². The van der Waals surface area contributed by atoms with Crippen LogP contribution in [-0.2, 0) is 10.0 Å². The van der Waals surface area contributed by atoms with Crippen molar-refractivity contribution in [3.63, 3.8) is 0 Å². The van der Waals surface area contributed by atoms with Crippen molar-refractivity contribution < 1.29 is 13.2 Å². The van der Waals surface area contributed by atoms with Gasteiger partial charge in [0.2, 0.25) is 10.0 Å². The van der Waals surface area contributed by atoms with Crippen molar-refractivity contribution in [2.45, 2.75) is 25.3 Å². The highest BCUT2D eigenvalue weighted by atomic mass is 32.2. The molecule has 0 saturated carbocycles. The third-order valence-corrected chi connectivity index (χ3v) is 6.18. The number of hydrogen-bond acceptors (Lipinski definition) is 4. The van der Waals surface area contributed by atoms with Crippen LogP contribution in [0.25, 0.3) is 0 Å². The van der Waals surface area contributed by atoms with Gasteiger partial charge in [0.05, 0.1) is 12.9 Å². The van der Waals surface area contributed by atoms with Crippen molar-refractivity contribution >= 4 is 10.0 Å². The van der Waals surface area contributed by atoms with Gasteiger partial charge in [-0.2, -0.15) is 0 Å². The molecule has 0 aliphatic carbocycles. The molecule has 1 fully saturated rings. The second-order valence-electron chi connectivity index (χ2n) is 5.89. The number of nitrogens with zero attached hydrogens (tertiary/aromatic N) is 2.